The zero-order chi connectivity index (χ0) is 9.80. The molecule has 1 atom stereocenters. The number of benzene rings is 1. The molecule has 1 fully saturated rings. The van der Waals surface area contributed by atoms with Crippen molar-refractivity contribution in [3.63, 3.8) is 0 Å². The summed E-state index contributed by atoms with van der Waals surface area (Å²) in [7, 11) is 0. The van der Waals surface area contributed by atoms with E-state index >= 15 is 0 Å². The lowest BCUT2D eigenvalue weighted by atomic mass is 10.1. The van der Waals surface area contributed by atoms with E-state index in [1.807, 2.05) is 24.3 Å². The van der Waals surface area contributed by atoms with Crippen LogP contribution in [0.3, 0.4) is 0 Å². The number of nitrogen functional groups attached to an aromatic ring is 1. The molecule has 1 aliphatic rings. The first kappa shape index (κ1) is 9.34. The van der Waals surface area contributed by atoms with Gasteiger partial charge in [0.05, 0.1) is 0 Å². The van der Waals surface area contributed by atoms with Gasteiger partial charge in [-0.3, -0.25) is 0 Å². The average molecular weight is 192 g/mol. The maximum absolute atomic E-state index is 5.79. The summed E-state index contributed by atoms with van der Waals surface area (Å²) >= 11 is 0. The molecule has 0 radical (unpaired) electrons. The van der Waals surface area contributed by atoms with Gasteiger partial charge in [-0.25, -0.2) is 0 Å². The van der Waals surface area contributed by atoms with Crippen molar-refractivity contribution in [2.45, 2.75) is 18.9 Å². The number of hydrogen-bond donors (Lipinski definition) is 2. The molecule has 1 aliphatic heterocycles. The lowest BCUT2D eigenvalue weighted by Crippen LogP contribution is -2.37. The average Bonchev–Trinajstić information content (AvgIpc) is 2.19. The Morgan fingerprint density at radius 2 is 2.36 bits per heavy atom. The Morgan fingerprint density at radius 1 is 1.43 bits per heavy atom. The normalized spacial score (nSPS) is 21.9. The molecule has 0 spiro atoms. The van der Waals surface area contributed by atoms with E-state index in [9.17, 15) is 0 Å². The third-order valence-electron chi connectivity index (χ3n) is 2.41. The molecule has 1 heterocycles. The Morgan fingerprint density at radius 3 is 3.07 bits per heavy atom. The van der Waals surface area contributed by atoms with E-state index in [2.05, 4.69) is 5.32 Å². The minimum absolute atomic E-state index is 0.297. The Balaban J connectivity index is 1.95. The highest BCUT2D eigenvalue weighted by Crippen LogP contribution is 2.18. The summed E-state index contributed by atoms with van der Waals surface area (Å²) in [5.41, 5.74) is 6.42. The number of nitrogens with one attached hydrogen (secondary N) is 1. The molecule has 0 unspecified atom stereocenters. The third-order valence-corrected chi connectivity index (χ3v) is 2.41. The summed E-state index contributed by atoms with van der Waals surface area (Å²) in [6, 6.07) is 7.60. The maximum Gasteiger partial charge on any atom is 0.121 e. The molecule has 3 heteroatoms. The van der Waals surface area contributed by atoms with Crippen LogP contribution in [0.25, 0.3) is 0 Å². The lowest BCUT2D eigenvalue weighted by molar-refractivity contribution is 0.167. The van der Waals surface area contributed by atoms with Crippen molar-refractivity contribution in [3.05, 3.63) is 24.3 Å². The van der Waals surface area contributed by atoms with Gasteiger partial charge in [0, 0.05) is 18.3 Å². The third kappa shape index (κ3) is 2.39. The molecule has 0 amide bonds. The molecular formula is C11H16N2O. The van der Waals surface area contributed by atoms with Gasteiger partial charge >= 0.3 is 0 Å². The summed E-state index contributed by atoms with van der Waals surface area (Å²) in [6.07, 6.45) is 2.61. The summed E-state index contributed by atoms with van der Waals surface area (Å²) in [4.78, 5) is 0. The molecular weight excluding hydrogens is 176 g/mol. The van der Waals surface area contributed by atoms with Crippen molar-refractivity contribution in [2.75, 3.05) is 18.8 Å². The molecule has 1 aromatic carbocycles. The van der Waals surface area contributed by atoms with E-state index in [-0.39, 0.29) is 0 Å². The Labute approximate surface area is 84.3 Å². The van der Waals surface area contributed by atoms with Gasteiger partial charge in [0.15, 0.2) is 0 Å². The molecule has 0 aromatic heterocycles. The molecule has 2 rings (SSSR count). The van der Waals surface area contributed by atoms with Crippen molar-refractivity contribution >= 4 is 5.69 Å². The van der Waals surface area contributed by atoms with E-state index in [1.54, 1.807) is 0 Å². The molecule has 3 nitrogen and oxygen atoms in total. The predicted molar refractivity (Wildman–Crippen MR) is 57.4 cm³/mol. The van der Waals surface area contributed by atoms with Crippen molar-refractivity contribution in [2.24, 2.45) is 0 Å². The summed E-state index contributed by atoms with van der Waals surface area (Å²) in [6.45, 7) is 2.05. The second-order valence-electron chi connectivity index (χ2n) is 3.66. The van der Waals surface area contributed by atoms with Gasteiger partial charge in [0.1, 0.15) is 11.9 Å². The summed E-state index contributed by atoms with van der Waals surface area (Å²) in [5.74, 6) is 0.874. The zero-order valence-electron chi connectivity index (χ0n) is 8.20. The predicted octanol–water partition coefficient (Wildman–Crippen LogP) is 1.40. The van der Waals surface area contributed by atoms with Crippen molar-refractivity contribution in [1.29, 1.82) is 0 Å². The molecule has 3 N–H and O–H groups in total. The van der Waals surface area contributed by atoms with Gasteiger partial charge in [0.2, 0.25) is 0 Å². The van der Waals surface area contributed by atoms with Crippen molar-refractivity contribution in [3.8, 4) is 5.75 Å². The Hall–Kier alpha value is -1.22. The van der Waals surface area contributed by atoms with Gasteiger partial charge in [-0.05, 0) is 31.5 Å². The molecule has 0 saturated carbocycles. The smallest absolute Gasteiger partial charge is 0.121 e. The fraction of sp³-hybridized carbons (Fsp3) is 0.455. The van der Waals surface area contributed by atoms with Crippen LogP contribution in [-0.2, 0) is 0 Å². The fourth-order valence-electron chi connectivity index (χ4n) is 1.70. The minimum Gasteiger partial charge on any atom is -0.489 e. The molecule has 14 heavy (non-hydrogen) atoms. The van der Waals surface area contributed by atoms with Crippen LogP contribution in [0, 0.1) is 0 Å². The van der Waals surface area contributed by atoms with Gasteiger partial charge in [-0.2, -0.15) is 0 Å². The highest BCUT2D eigenvalue weighted by molar-refractivity contribution is 5.43. The Bertz CT molecular complexity index is 295. The molecule has 76 valence electrons. The largest absolute Gasteiger partial charge is 0.489 e. The monoisotopic (exact) mass is 192 g/mol. The van der Waals surface area contributed by atoms with Crippen LogP contribution in [0.15, 0.2) is 24.3 Å². The van der Waals surface area contributed by atoms with Crippen molar-refractivity contribution in [1.82, 2.24) is 5.32 Å². The van der Waals surface area contributed by atoms with E-state index in [0.717, 1.165) is 30.9 Å². The van der Waals surface area contributed by atoms with Crippen LogP contribution < -0.4 is 15.8 Å². The van der Waals surface area contributed by atoms with Gasteiger partial charge in [-0.15, -0.1) is 0 Å². The standard InChI is InChI=1S/C11H16N2O/c12-9-3-1-4-10(7-9)14-11-5-2-6-13-8-11/h1,3-4,7,11,13H,2,5-6,8,12H2/t11-/m0/s1. The van der Waals surface area contributed by atoms with Crippen LogP contribution in [0.1, 0.15) is 12.8 Å². The highest BCUT2D eigenvalue weighted by atomic mass is 16.5. The summed E-state index contributed by atoms with van der Waals surface area (Å²) < 4.78 is 5.79. The highest BCUT2D eigenvalue weighted by Gasteiger charge is 2.13. The second-order valence-corrected chi connectivity index (χ2v) is 3.66. The van der Waals surface area contributed by atoms with Gasteiger partial charge in [0.25, 0.3) is 0 Å². The molecule has 0 aliphatic carbocycles. The maximum atomic E-state index is 5.79. The van der Waals surface area contributed by atoms with E-state index in [0.29, 0.717) is 6.10 Å². The first-order valence-electron chi connectivity index (χ1n) is 5.07. The summed E-state index contributed by atoms with van der Waals surface area (Å²) in [5, 5.41) is 3.31. The van der Waals surface area contributed by atoms with Crippen LogP contribution >= 0.6 is 0 Å². The van der Waals surface area contributed by atoms with Crippen LogP contribution in [0.2, 0.25) is 0 Å². The van der Waals surface area contributed by atoms with Crippen LogP contribution in [0.4, 0.5) is 5.69 Å². The molecule has 1 saturated heterocycles. The van der Waals surface area contributed by atoms with E-state index < -0.39 is 0 Å². The van der Waals surface area contributed by atoms with E-state index in [4.69, 9.17) is 10.5 Å². The van der Waals surface area contributed by atoms with Gasteiger partial charge < -0.3 is 15.8 Å². The molecule has 0 bridgehead atoms. The van der Waals surface area contributed by atoms with Crippen LogP contribution in [0.5, 0.6) is 5.75 Å². The Kier molecular flexibility index (Phi) is 2.89. The second kappa shape index (κ2) is 4.33. The lowest BCUT2D eigenvalue weighted by Gasteiger charge is -2.23. The SMILES string of the molecule is Nc1cccc(O[C@H]2CCCNC2)c1. The zero-order valence-corrected chi connectivity index (χ0v) is 8.20. The van der Waals surface area contributed by atoms with Crippen LogP contribution in [-0.4, -0.2) is 19.2 Å². The fourth-order valence-corrected chi connectivity index (χ4v) is 1.70. The number of nitrogens with two attached hydrogens (primary N) is 1. The van der Waals surface area contributed by atoms with Gasteiger partial charge in [-0.1, -0.05) is 6.07 Å². The minimum atomic E-state index is 0.297. The number of ether oxygens (including phenoxy) is 1. The number of piperidine rings is 1. The van der Waals surface area contributed by atoms with Crippen molar-refractivity contribution < 1.29 is 4.74 Å². The first-order chi connectivity index (χ1) is 6.84. The van der Waals surface area contributed by atoms with E-state index in [1.165, 1.54) is 6.42 Å². The topological polar surface area (TPSA) is 47.3 Å². The quantitative estimate of drug-likeness (QED) is 0.696. The number of hydrogen-bond acceptors (Lipinski definition) is 3. The first-order valence-corrected chi connectivity index (χ1v) is 5.07. The number of rotatable bonds is 2. The number of anilines is 1. The molecule has 1 aromatic rings.